The summed E-state index contributed by atoms with van der Waals surface area (Å²) in [4.78, 5) is 17.7. The smallest absolute Gasteiger partial charge is 0.226 e. The number of nitrogens with zero attached hydrogens (tertiary/aromatic N) is 2. The molecule has 1 amide bonds. The summed E-state index contributed by atoms with van der Waals surface area (Å²) in [7, 11) is 0. The first-order chi connectivity index (χ1) is 10.8. The Morgan fingerprint density at radius 1 is 1.17 bits per heavy atom. The molecule has 2 saturated heterocycles. The average Bonchev–Trinajstić information content (AvgIpc) is 2.83. The first-order valence-electron chi connectivity index (χ1n) is 9.08. The van der Waals surface area contributed by atoms with Gasteiger partial charge in [0.25, 0.3) is 0 Å². The number of allylic oxidation sites excluding steroid dienone is 2. The Kier molecular flexibility index (Phi) is 4.58. The number of amides is 1. The Bertz CT molecular complexity index is 490. The number of hydrogen-bond acceptors (Lipinski definition) is 3. The Balaban J connectivity index is 1.64. The van der Waals surface area contributed by atoms with Gasteiger partial charge in [-0.15, -0.1) is 0 Å². The van der Waals surface area contributed by atoms with Crippen LogP contribution in [-0.2, 0) is 9.53 Å². The van der Waals surface area contributed by atoms with Crippen LogP contribution in [-0.4, -0.2) is 61.1 Å². The van der Waals surface area contributed by atoms with Crippen molar-refractivity contribution in [2.24, 2.45) is 23.2 Å². The maximum atomic E-state index is 13.0. The lowest BCUT2D eigenvalue weighted by Crippen LogP contribution is -2.47. The van der Waals surface area contributed by atoms with Gasteiger partial charge in [-0.25, -0.2) is 0 Å². The van der Waals surface area contributed by atoms with Crippen LogP contribution in [0.15, 0.2) is 11.6 Å². The topological polar surface area (TPSA) is 32.8 Å². The molecule has 0 spiro atoms. The summed E-state index contributed by atoms with van der Waals surface area (Å²) in [6.07, 6.45) is 2.29. The van der Waals surface area contributed by atoms with Gasteiger partial charge in [0.1, 0.15) is 0 Å². The molecule has 4 atom stereocenters. The van der Waals surface area contributed by atoms with Crippen molar-refractivity contribution in [3.8, 4) is 0 Å². The molecule has 23 heavy (non-hydrogen) atoms. The minimum absolute atomic E-state index is 0.120. The Morgan fingerprint density at radius 2 is 1.83 bits per heavy atom. The largest absolute Gasteiger partial charge is 0.379 e. The predicted molar refractivity (Wildman–Crippen MR) is 92.1 cm³/mol. The van der Waals surface area contributed by atoms with Crippen LogP contribution >= 0.6 is 0 Å². The number of carbonyl (C=O) groups is 1. The maximum Gasteiger partial charge on any atom is 0.226 e. The van der Waals surface area contributed by atoms with Gasteiger partial charge in [-0.2, -0.15) is 0 Å². The van der Waals surface area contributed by atoms with Gasteiger partial charge < -0.3 is 9.64 Å². The van der Waals surface area contributed by atoms with Gasteiger partial charge >= 0.3 is 0 Å². The highest BCUT2D eigenvalue weighted by molar-refractivity contribution is 5.84. The molecule has 130 valence electrons. The Hall–Kier alpha value is -0.870. The summed E-state index contributed by atoms with van der Waals surface area (Å²) < 4.78 is 5.47. The van der Waals surface area contributed by atoms with Gasteiger partial charge in [-0.1, -0.05) is 32.4 Å². The van der Waals surface area contributed by atoms with E-state index in [1.54, 1.807) is 0 Å². The highest BCUT2D eigenvalue weighted by Gasteiger charge is 2.61. The lowest BCUT2D eigenvalue weighted by atomic mass is 10.0. The Labute approximate surface area is 140 Å². The standard InChI is InChI=1S/C19H32N2O2/c1-13(2)10-15-17(19(15,4)5)18(22)21-11-14(3)16(12-21)20-6-8-23-9-7-20/h10,14-17H,6-9,11-12H2,1-5H3/t14-,15-,16+,17-/m1/s1. The molecule has 0 aromatic rings. The second-order valence-electron chi connectivity index (χ2n) is 8.51. The molecule has 3 rings (SSSR count). The molecule has 4 heteroatoms. The van der Waals surface area contributed by atoms with Gasteiger partial charge in [0.05, 0.1) is 19.1 Å². The zero-order valence-electron chi connectivity index (χ0n) is 15.3. The monoisotopic (exact) mass is 320 g/mol. The fraction of sp³-hybridized carbons (Fsp3) is 0.842. The van der Waals surface area contributed by atoms with Crippen LogP contribution in [0.5, 0.6) is 0 Å². The summed E-state index contributed by atoms with van der Waals surface area (Å²) >= 11 is 0. The lowest BCUT2D eigenvalue weighted by Gasteiger charge is -2.34. The van der Waals surface area contributed by atoms with E-state index < -0.39 is 0 Å². The van der Waals surface area contributed by atoms with Crippen LogP contribution in [0.1, 0.15) is 34.6 Å². The SMILES string of the molecule is CC(C)=C[C@@H]1[C@H](C(=O)N2C[C@@H](C)[C@@H](N3CCOCC3)C2)C1(C)C. The van der Waals surface area contributed by atoms with Crippen LogP contribution in [0.3, 0.4) is 0 Å². The van der Waals surface area contributed by atoms with E-state index in [2.05, 4.69) is 50.5 Å². The number of rotatable bonds is 3. The second kappa shape index (κ2) is 6.21. The van der Waals surface area contributed by atoms with Gasteiger partial charge in [0.15, 0.2) is 0 Å². The van der Waals surface area contributed by atoms with E-state index in [0.29, 0.717) is 23.8 Å². The van der Waals surface area contributed by atoms with E-state index in [0.717, 1.165) is 39.4 Å². The fourth-order valence-electron chi connectivity index (χ4n) is 4.53. The molecule has 0 bridgehead atoms. The van der Waals surface area contributed by atoms with E-state index in [-0.39, 0.29) is 11.3 Å². The quantitative estimate of drug-likeness (QED) is 0.749. The van der Waals surface area contributed by atoms with Gasteiger partial charge in [-0.3, -0.25) is 9.69 Å². The van der Waals surface area contributed by atoms with Crippen molar-refractivity contribution in [3.05, 3.63) is 11.6 Å². The lowest BCUT2D eigenvalue weighted by molar-refractivity contribution is -0.132. The molecular weight excluding hydrogens is 288 g/mol. The molecule has 0 N–H and O–H groups in total. The molecule has 2 aliphatic heterocycles. The number of ether oxygens (including phenoxy) is 1. The minimum atomic E-state index is 0.120. The van der Waals surface area contributed by atoms with E-state index in [1.165, 1.54) is 5.57 Å². The van der Waals surface area contributed by atoms with Crippen molar-refractivity contribution in [2.75, 3.05) is 39.4 Å². The van der Waals surface area contributed by atoms with Crippen molar-refractivity contribution >= 4 is 5.91 Å². The van der Waals surface area contributed by atoms with Crippen LogP contribution in [0.25, 0.3) is 0 Å². The summed E-state index contributed by atoms with van der Waals surface area (Å²) in [6.45, 7) is 16.5. The zero-order chi connectivity index (χ0) is 16.8. The number of carbonyl (C=O) groups excluding carboxylic acids is 1. The van der Waals surface area contributed by atoms with Crippen LogP contribution in [0, 0.1) is 23.2 Å². The number of morpholine rings is 1. The van der Waals surface area contributed by atoms with E-state index in [9.17, 15) is 4.79 Å². The van der Waals surface area contributed by atoms with Gasteiger partial charge in [-0.05, 0) is 31.1 Å². The first kappa shape index (κ1) is 17.0. The fourth-order valence-corrected chi connectivity index (χ4v) is 4.53. The molecule has 3 aliphatic rings. The summed E-state index contributed by atoms with van der Waals surface area (Å²) in [5.74, 6) is 1.52. The first-order valence-corrected chi connectivity index (χ1v) is 9.08. The molecule has 3 fully saturated rings. The zero-order valence-corrected chi connectivity index (χ0v) is 15.3. The highest BCUT2D eigenvalue weighted by atomic mass is 16.5. The predicted octanol–water partition coefficient (Wildman–Crippen LogP) is 2.40. The average molecular weight is 320 g/mol. The minimum Gasteiger partial charge on any atom is -0.379 e. The Morgan fingerprint density at radius 3 is 2.43 bits per heavy atom. The van der Waals surface area contributed by atoms with Crippen LogP contribution in [0.2, 0.25) is 0 Å². The molecule has 0 aromatic heterocycles. The molecule has 1 aliphatic carbocycles. The summed E-state index contributed by atoms with van der Waals surface area (Å²) in [5, 5.41) is 0. The van der Waals surface area contributed by atoms with Crippen molar-refractivity contribution in [1.82, 2.24) is 9.80 Å². The second-order valence-corrected chi connectivity index (χ2v) is 8.51. The molecule has 1 saturated carbocycles. The van der Waals surface area contributed by atoms with Crippen molar-refractivity contribution in [1.29, 1.82) is 0 Å². The molecule has 4 nitrogen and oxygen atoms in total. The normalized spacial score (nSPS) is 36.8. The summed E-state index contributed by atoms with van der Waals surface area (Å²) in [6, 6.07) is 0.506. The van der Waals surface area contributed by atoms with E-state index in [4.69, 9.17) is 4.74 Å². The summed E-state index contributed by atoms with van der Waals surface area (Å²) in [5.41, 5.74) is 1.44. The number of likely N-dealkylation sites (tertiary alicyclic amines) is 1. The van der Waals surface area contributed by atoms with E-state index >= 15 is 0 Å². The van der Waals surface area contributed by atoms with Gasteiger partial charge in [0, 0.05) is 32.2 Å². The van der Waals surface area contributed by atoms with Crippen molar-refractivity contribution < 1.29 is 9.53 Å². The molecular formula is C19H32N2O2. The maximum absolute atomic E-state index is 13.0. The highest BCUT2D eigenvalue weighted by Crippen LogP contribution is 2.60. The van der Waals surface area contributed by atoms with Crippen LogP contribution < -0.4 is 0 Å². The number of hydrogen-bond donors (Lipinski definition) is 0. The third-order valence-corrected chi connectivity index (χ3v) is 6.09. The third-order valence-electron chi connectivity index (χ3n) is 6.09. The van der Waals surface area contributed by atoms with Crippen molar-refractivity contribution in [2.45, 2.75) is 40.7 Å². The van der Waals surface area contributed by atoms with Crippen molar-refractivity contribution in [3.63, 3.8) is 0 Å². The molecule has 0 radical (unpaired) electrons. The van der Waals surface area contributed by atoms with Crippen LogP contribution in [0.4, 0.5) is 0 Å². The molecule has 0 aromatic carbocycles. The van der Waals surface area contributed by atoms with E-state index in [1.807, 2.05) is 0 Å². The molecule has 2 heterocycles. The van der Waals surface area contributed by atoms with Gasteiger partial charge in [0.2, 0.25) is 5.91 Å². The molecule has 0 unspecified atom stereocenters. The third kappa shape index (κ3) is 3.20.